The Labute approximate surface area is 200 Å². The predicted octanol–water partition coefficient (Wildman–Crippen LogP) is 7.02. The maximum atomic E-state index is 6.10. The fraction of sp³-hybridized carbons (Fsp3) is 0.613. The van der Waals surface area contributed by atoms with Gasteiger partial charge in [-0.2, -0.15) is 0 Å². The molecule has 0 amide bonds. The molecule has 3 fully saturated rings. The Morgan fingerprint density at radius 1 is 0.848 bits per heavy atom. The Morgan fingerprint density at radius 3 is 2.58 bits per heavy atom. The van der Waals surface area contributed by atoms with E-state index in [0.717, 1.165) is 36.7 Å². The number of rotatable bonds is 6. The second-order valence-electron chi connectivity index (χ2n) is 11.5. The molecule has 1 heterocycles. The molecule has 2 aromatic carbocycles. The van der Waals surface area contributed by atoms with Crippen molar-refractivity contribution in [1.82, 2.24) is 4.90 Å². The molecule has 0 unspecified atom stereocenters. The number of benzene rings is 2. The molecule has 2 nitrogen and oxygen atoms in total. The quantitative estimate of drug-likeness (QED) is 0.476. The molecule has 6 rings (SSSR count). The van der Waals surface area contributed by atoms with Gasteiger partial charge in [0, 0.05) is 6.54 Å². The lowest BCUT2D eigenvalue weighted by Crippen LogP contribution is -2.42. The summed E-state index contributed by atoms with van der Waals surface area (Å²) in [6.07, 6.45) is 15.2. The van der Waals surface area contributed by atoms with E-state index in [1.165, 1.54) is 89.3 Å². The van der Waals surface area contributed by atoms with Crippen LogP contribution in [-0.4, -0.2) is 31.1 Å². The maximum Gasteiger partial charge on any atom is 0.119 e. The number of ether oxygens (including phenoxy) is 1. The highest BCUT2D eigenvalue weighted by atomic mass is 16.5. The second-order valence-corrected chi connectivity index (χ2v) is 11.5. The van der Waals surface area contributed by atoms with Crippen molar-refractivity contribution >= 4 is 0 Å². The van der Waals surface area contributed by atoms with E-state index in [-0.39, 0.29) is 0 Å². The van der Waals surface area contributed by atoms with Gasteiger partial charge in [-0.15, -0.1) is 0 Å². The van der Waals surface area contributed by atoms with E-state index < -0.39 is 0 Å². The molecule has 0 N–H and O–H groups in total. The van der Waals surface area contributed by atoms with Gasteiger partial charge in [0.25, 0.3) is 0 Å². The monoisotopic (exact) mass is 443 g/mol. The lowest BCUT2D eigenvalue weighted by atomic mass is 9.54. The number of aryl methyl sites for hydroxylation is 1. The Bertz CT molecular complexity index is 930. The molecule has 2 heteroatoms. The number of hydrogen-bond acceptors (Lipinski definition) is 2. The molecule has 0 bridgehead atoms. The van der Waals surface area contributed by atoms with Crippen LogP contribution in [0.5, 0.6) is 5.75 Å². The zero-order valence-corrected chi connectivity index (χ0v) is 20.3. The molecular formula is C31H41NO. The topological polar surface area (TPSA) is 12.5 Å². The first-order chi connectivity index (χ1) is 16.3. The molecule has 0 spiro atoms. The largest absolute Gasteiger partial charge is 0.492 e. The summed E-state index contributed by atoms with van der Waals surface area (Å²) in [5.41, 5.74) is 5.41. The van der Waals surface area contributed by atoms with Gasteiger partial charge in [0.15, 0.2) is 0 Å². The zero-order chi connectivity index (χ0) is 22.1. The van der Waals surface area contributed by atoms with Crippen molar-refractivity contribution in [1.29, 1.82) is 0 Å². The van der Waals surface area contributed by atoms with E-state index in [4.69, 9.17) is 4.74 Å². The third kappa shape index (κ3) is 4.36. The van der Waals surface area contributed by atoms with Gasteiger partial charge in [0.1, 0.15) is 12.4 Å². The number of likely N-dealkylation sites (tertiary alicyclic amines) is 1. The van der Waals surface area contributed by atoms with Crippen molar-refractivity contribution in [2.24, 2.45) is 17.3 Å². The number of fused-ring (bicyclic) bond motifs is 5. The van der Waals surface area contributed by atoms with Gasteiger partial charge in [-0.3, -0.25) is 4.90 Å². The summed E-state index contributed by atoms with van der Waals surface area (Å²) in [6, 6.07) is 18.5. The van der Waals surface area contributed by atoms with Gasteiger partial charge in [-0.05, 0) is 123 Å². The fourth-order valence-corrected chi connectivity index (χ4v) is 8.21. The minimum absolute atomic E-state index is 0.546. The van der Waals surface area contributed by atoms with Gasteiger partial charge in [0.2, 0.25) is 0 Å². The first-order valence-corrected chi connectivity index (χ1v) is 13.8. The Balaban J connectivity index is 1.10. The highest BCUT2D eigenvalue weighted by molar-refractivity contribution is 5.35. The predicted molar refractivity (Wildman–Crippen MR) is 136 cm³/mol. The van der Waals surface area contributed by atoms with Crippen molar-refractivity contribution in [2.45, 2.75) is 76.5 Å². The van der Waals surface area contributed by atoms with Crippen LogP contribution in [0, 0.1) is 17.3 Å². The van der Waals surface area contributed by atoms with Crippen LogP contribution < -0.4 is 4.74 Å². The van der Waals surface area contributed by atoms with Crippen molar-refractivity contribution in [2.75, 3.05) is 26.2 Å². The standard InChI is InChI=1S/C31H41NO/c1-4-19-32(20-5-1)21-22-33-26-13-10-24(11-14-26)23-31-17-6-9-30(31)29-15-12-25-7-2-3-8-27(25)28(29)16-18-31/h2-3,7-8,10-11,13-14,28-30H,1,4-6,9,12,15-23H2/t28-,29-,30+,31+/m1/s1. The van der Waals surface area contributed by atoms with E-state index in [2.05, 4.69) is 53.4 Å². The minimum Gasteiger partial charge on any atom is -0.492 e. The number of hydrogen-bond donors (Lipinski definition) is 0. The van der Waals surface area contributed by atoms with Crippen LogP contribution in [0.3, 0.4) is 0 Å². The number of nitrogens with zero attached hydrogens (tertiary/aromatic N) is 1. The van der Waals surface area contributed by atoms with E-state index in [1.807, 2.05) is 0 Å². The molecule has 2 aromatic rings. The molecule has 1 saturated heterocycles. The lowest BCUT2D eigenvalue weighted by Gasteiger charge is -2.51. The lowest BCUT2D eigenvalue weighted by molar-refractivity contribution is 0.0443. The third-order valence-electron chi connectivity index (χ3n) is 9.77. The van der Waals surface area contributed by atoms with Crippen LogP contribution in [0.15, 0.2) is 48.5 Å². The van der Waals surface area contributed by atoms with Crippen molar-refractivity contribution < 1.29 is 4.74 Å². The molecule has 0 radical (unpaired) electrons. The smallest absolute Gasteiger partial charge is 0.119 e. The van der Waals surface area contributed by atoms with E-state index in [0.29, 0.717) is 5.41 Å². The van der Waals surface area contributed by atoms with Crippen LogP contribution in [0.4, 0.5) is 0 Å². The summed E-state index contributed by atoms with van der Waals surface area (Å²) in [7, 11) is 0. The Kier molecular flexibility index (Phi) is 6.22. The molecular weight excluding hydrogens is 402 g/mol. The molecule has 4 aliphatic rings. The Morgan fingerprint density at radius 2 is 1.70 bits per heavy atom. The van der Waals surface area contributed by atoms with Crippen LogP contribution in [0.25, 0.3) is 0 Å². The average Bonchev–Trinajstić information content (AvgIpc) is 3.29. The SMILES string of the molecule is c1ccc2c(c1)CC[C@@H]1[C@@H]2CC[C@]2(Cc3ccc(OCCN4CCCCC4)cc3)CCC[C@@H]12. The van der Waals surface area contributed by atoms with Gasteiger partial charge in [-0.1, -0.05) is 49.2 Å². The first kappa shape index (κ1) is 21.7. The summed E-state index contributed by atoms with van der Waals surface area (Å²) >= 11 is 0. The first-order valence-electron chi connectivity index (χ1n) is 13.8. The summed E-state index contributed by atoms with van der Waals surface area (Å²) in [6.45, 7) is 4.38. The molecule has 176 valence electrons. The van der Waals surface area contributed by atoms with Gasteiger partial charge in [0.05, 0.1) is 0 Å². The summed E-state index contributed by atoms with van der Waals surface area (Å²) in [4.78, 5) is 2.55. The molecule has 3 aliphatic carbocycles. The molecule has 0 aromatic heterocycles. The minimum atomic E-state index is 0.546. The highest BCUT2D eigenvalue weighted by Crippen LogP contribution is 2.62. The van der Waals surface area contributed by atoms with Crippen molar-refractivity contribution in [3.63, 3.8) is 0 Å². The fourth-order valence-electron chi connectivity index (χ4n) is 8.21. The van der Waals surface area contributed by atoms with Crippen molar-refractivity contribution in [3.8, 4) is 5.75 Å². The molecule has 2 saturated carbocycles. The van der Waals surface area contributed by atoms with Crippen molar-refractivity contribution in [3.05, 3.63) is 65.2 Å². The van der Waals surface area contributed by atoms with Gasteiger partial charge in [-0.25, -0.2) is 0 Å². The molecule has 1 aliphatic heterocycles. The van der Waals surface area contributed by atoms with Crippen LogP contribution in [-0.2, 0) is 12.8 Å². The van der Waals surface area contributed by atoms with Gasteiger partial charge < -0.3 is 4.74 Å². The van der Waals surface area contributed by atoms with E-state index >= 15 is 0 Å². The summed E-state index contributed by atoms with van der Waals surface area (Å²) < 4.78 is 6.10. The number of piperidine rings is 1. The summed E-state index contributed by atoms with van der Waals surface area (Å²) in [5.74, 6) is 3.70. The second kappa shape index (κ2) is 9.45. The molecule has 33 heavy (non-hydrogen) atoms. The normalized spacial score (nSPS) is 31.5. The van der Waals surface area contributed by atoms with Crippen LogP contribution in [0.1, 0.15) is 80.4 Å². The van der Waals surface area contributed by atoms with Crippen LogP contribution >= 0.6 is 0 Å². The summed E-state index contributed by atoms with van der Waals surface area (Å²) in [5, 5.41) is 0. The van der Waals surface area contributed by atoms with Crippen LogP contribution in [0.2, 0.25) is 0 Å². The molecule has 4 atom stereocenters. The maximum absolute atomic E-state index is 6.10. The van der Waals surface area contributed by atoms with E-state index in [9.17, 15) is 0 Å². The highest BCUT2D eigenvalue weighted by Gasteiger charge is 2.52. The van der Waals surface area contributed by atoms with E-state index in [1.54, 1.807) is 11.1 Å². The zero-order valence-electron chi connectivity index (χ0n) is 20.3. The average molecular weight is 444 g/mol. The third-order valence-corrected chi connectivity index (χ3v) is 9.77. The van der Waals surface area contributed by atoms with Gasteiger partial charge >= 0.3 is 0 Å². The Hall–Kier alpha value is -1.80.